The topological polar surface area (TPSA) is 98.2 Å². The predicted octanol–water partition coefficient (Wildman–Crippen LogP) is 5.74. The molecule has 0 unspecified atom stereocenters. The van der Waals surface area contributed by atoms with Crippen LogP contribution in [0.2, 0.25) is 0 Å². The molecule has 2 heterocycles. The number of ether oxygens (including phenoxy) is 2. The van der Waals surface area contributed by atoms with E-state index in [2.05, 4.69) is 41.1 Å². The third-order valence-electron chi connectivity index (χ3n) is 5.36. The van der Waals surface area contributed by atoms with Crippen molar-refractivity contribution in [2.75, 3.05) is 6.61 Å². The third kappa shape index (κ3) is 5.91. The minimum absolute atomic E-state index is 0.0750. The van der Waals surface area contributed by atoms with Gasteiger partial charge in [-0.25, -0.2) is 5.43 Å². The van der Waals surface area contributed by atoms with Gasteiger partial charge in [-0.3, -0.25) is 4.79 Å². The zero-order valence-electron chi connectivity index (χ0n) is 20.1. The fourth-order valence-electron chi connectivity index (χ4n) is 3.65. The molecular weight excluding hydrogens is 573 g/mol. The van der Waals surface area contributed by atoms with Crippen molar-refractivity contribution in [3.63, 3.8) is 0 Å². The van der Waals surface area contributed by atoms with Crippen molar-refractivity contribution < 1.29 is 23.8 Å². The van der Waals surface area contributed by atoms with Crippen LogP contribution in [0.5, 0.6) is 17.2 Å². The molecule has 2 N–H and O–H groups in total. The Bertz CT molecular complexity index is 1370. The molecular formula is C27H26IN3O5. The van der Waals surface area contributed by atoms with Crippen molar-refractivity contribution >= 4 is 34.7 Å². The van der Waals surface area contributed by atoms with E-state index in [9.17, 15) is 9.90 Å². The number of carbonyl (C=O) groups excluding carboxylic acids is 1. The summed E-state index contributed by atoms with van der Waals surface area (Å²) in [5.74, 6) is 1.28. The van der Waals surface area contributed by atoms with E-state index in [0.29, 0.717) is 33.0 Å². The Hall–Kier alpha value is -3.73. The van der Waals surface area contributed by atoms with E-state index in [1.807, 2.05) is 53.8 Å². The number of nitrogens with zero attached hydrogens (tertiary/aromatic N) is 2. The second kappa shape index (κ2) is 11.3. The molecule has 36 heavy (non-hydrogen) atoms. The second-order valence-corrected chi connectivity index (χ2v) is 9.14. The highest BCUT2D eigenvalue weighted by Gasteiger charge is 2.12. The fourth-order valence-corrected chi connectivity index (χ4v) is 4.28. The van der Waals surface area contributed by atoms with Gasteiger partial charge in [-0.05, 0) is 110 Å². The van der Waals surface area contributed by atoms with Gasteiger partial charge in [0.05, 0.1) is 16.4 Å². The molecule has 4 aromatic rings. The first kappa shape index (κ1) is 25.4. The van der Waals surface area contributed by atoms with Crippen LogP contribution in [0.25, 0.3) is 5.69 Å². The molecule has 4 rings (SSSR count). The average Bonchev–Trinajstić information content (AvgIpc) is 3.47. The minimum Gasteiger partial charge on any atom is -0.504 e. The number of furan rings is 1. The number of aryl methyl sites for hydroxylation is 2. The molecule has 2 aromatic carbocycles. The number of phenols is 1. The summed E-state index contributed by atoms with van der Waals surface area (Å²) in [4.78, 5) is 12.4. The van der Waals surface area contributed by atoms with E-state index in [4.69, 9.17) is 13.9 Å². The van der Waals surface area contributed by atoms with Gasteiger partial charge in [0.15, 0.2) is 17.3 Å². The lowest BCUT2D eigenvalue weighted by molar-refractivity contribution is 0.0923. The van der Waals surface area contributed by atoms with E-state index in [1.165, 1.54) is 17.6 Å². The number of benzene rings is 2. The first-order valence-corrected chi connectivity index (χ1v) is 12.4. The highest BCUT2D eigenvalue weighted by atomic mass is 127. The molecule has 0 bridgehead atoms. The first-order valence-electron chi connectivity index (χ1n) is 11.3. The summed E-state index contributed by atoms with van der Waals surface area (Å²) in [6.45, 7) is 6.57. The SMILES string of the molecule is CCOc1cc(/C=N/NC(=O)c2ccc(COc3ccc(-n4c(C)ccc4C)cc3)o2)cc(I)c1O. The van der Waals surface area contributed by atoms with E-state index in [1.54, 1.807) is 24.3 Å². The van der Waals surface area contributed by atoms with Crippen LogP contribution in [0.4, 0.5) is 0 Å². The van der Waals surface area contributed by atoms with Crippen LogP contribution >= 0.6 is 22.6 Å². The van der Waals surface area contributed by atoms with E-state index < -0.39 is 5.91 Å². The molecule has 186 valence electrons. The summed E-state index contributed by atoms with van der Waals surface area (Å²) in [6, 6.07) is 18.6. The van der Waals surface area contributed by atoms with Gasteiger partial charge >= 0.3 is 5.91 Å². The zero-order chi connectivity index (χ0) is 25.7. The number of carbonyl (C=O) groups is 1. The van der Waals surface area contributed by atoms with Crippen LogP contribution < -0.4 is 14.9 Å². The van der Waals surface area contributed by atoms with Gasteiger partial charge in [0.25, 0.3) is 0 Å². The molecule has 0 aliphatic rings. The van der Waals surface area contributed by atoms with Crippen molar-refractivity contribution in [3.8, 4) is 22.9 Å². The van der Waals surface area contributed by atoms with Crippen LogP contribution in [0, 0.1) is 17.4 Å². The molecule has 0 radical (unpaired) electrons. The first-order chi connectivity index (χ1) is 17.4. The highest BCUT2D eigenvalue weighted by molar-refractivity contribution is 14.1. The number of aromatic hydroxyl groups is 1. The Labute approximate surface area is 222 Å². The van der Waals surface area contributed by atoms with Crippen molar-refractivity contribution in [1.29, 1.82) is 0 Å². The van der Waals surface area contributed by atoms with E-state index >= 15 is 0 Å². The van der Waals surface area contributed by atoms with Crippen LogP contribution in [-0.2, 0) is 6.61 Å². The molecule has 1 amide bonds. The Kier molecular flexibility index (Phi) is 7.99. The molecule has 8 nitrogen and oxygen atoms in total. The molecule has 0 fully saturated rings. The van der Waals surface area contributed by atoms with Crippen LogP contribution in [-0.4, -0.2) is 28.4 Å². The van der Waals surface area contributed by atoms with Gasteiger partial charge in [0.1, 0.15) is 18.1 Å². The Morgan fingerprint density at radius 3 is 2.50 bits per heavy atom. The van der Waals surface area contributed by atoms with Gasteiger partial charge < -0.3 is 23.6 Å². The lowest BCUT2D eigenvalue weighted by atomic mass is 10.2. The van der Waals surface area contributed by atoms with Crippen LogP contribution in [0.3, 0.4) is 0 Å². The number of hydrogen-bond acceptors (Lipinski definition) is 6. The molecule has 0 aliphatic heterocycles. The van der Waals surface area contributed by atoms with Crippen molar-refractivity contribution in [2.24, 2.45) is 5.10 Å². The maximum absolute atomic E-state index is 12.4. The number of hydrogen-bond donors (Lipinski definition) is 2. The number of hydrazone groups is 1. The standard InChI is InChI=1S/C27H26IN3O5/c1-4-34-25-14-19(13-23(28)26(25)32)15-29-30-27(33)24-12-11-22(36-24)16-35-21-9-7-20(8-10-21)31-17(2)5-6-18(31)3/h5-15,32H,4,16H2,1-3H3,(H,30,33)/b29-15+. The number of rotatable bonds is 9. The molecule has 0 saturated heterocycles. The molecule has 9 heteroatoms. The predicted molar refractivity (Wildman–Crippen MR) is 145 cm³/mol. The van der Waals surface area contributed by atoms with Crippen molar-refractivity contribution in [3.05, 3.63) is 92.7 Å². The lowest BCUT2D eigenvalue weighted by Crippen LogP contribution is -2.16. The van der Waals surface area contributed by atoms with E-state index in [0.717, 1.165) is 5.69 Å². The monoisotopic (exact) mass is 599 g/mol. The van der Waals surface area contributed by atoms with Crippen molar-refractivity contribution in [2.45, 2.75) is 27.4 Å². The molecule has 0 saturated carbocycles. The fraction of sp³-hybridized carbons (Fsp3) is 0.185. The summed E-state index contributed by atoms with van der Waals surface area (Å²) in [5, 5.41) is 14.0. The highest BCUT2D eigenvalue weighted by Crippen LogP contribution is 2.32. The average molecular weight is 599 g/mol. The minimum atomic E-state index is -0.488. The maximum Gasteiger partial charge on any atom is 0.307 e. The number of amides is 1. The smallest absolute Gasteiger partial charge is 0.307 e. The summed E-state index contributed by atoms with van der Waals surface area (Å²) in [6.07, 6.45) is 1.47. The Morgan fingerprint density at radius 1 is 1.08 bits per heavy atom. The number of aromatic nitrogens is 1. The lowest BCUT2D eigenvalue weighted by Gasteiger charge is -2.10. The Balaban J connectivity index is 1.32. The summed E-state index contributed by atoms with van der Waals surface area (Å²) < 4.78 is 19.6. The van der Waals surface area contributed by atoms with Crippen LogP contribution in [0.15, 0.2) is 70.2 Å². The Morgan fingerprint density at radius 2 is 1.81 bits per heavy atom. The molecule has 0 spiro atoms. The van der Waals surface area contributed by atoms with Gasteiger partial charge in [-0.15, -0.1) is 0 Å². The largest absolute Gasteiger partial charge is 0.504 e. The van der Waals surface area contributed by atoms with Crippen molar-refractivity contribution in [1.82, 2.24) is 9.99 Å². The molecule has 0 aliphatic carbocycles. The third-order valence-corrected chi connectivity index (χ3v) is 6.19. The van der Waals surface area contributed by atoms with Gasteiger partial charge in [-0.1, -0.05) is 0 Å². The van der Waals surface area contributed by atoms with Crippen LogP contribution in [0.1, 0.15) is 40.2 Å². The van der Waals surface area contributed by atoms with Gasteiger partial charge in [0, 0.05) is 17.1 Å². The second-order valence-electron chi connectivity index (χ2n) is 7.98. The summed E-state index contributed by atoms with van der Waals surface area (Å²) in [5.41, 5.74) is 6.50. The number of halogens is 1. The molecule has 2 aromatic heterocycles. The van der Waals surface area contributed by atoms with Gasteiger partial charge in [0.2, 0.25) is 0 Å². The zero-order valence-corrected chi connectivity index (χ0v) is 22.3. The number of phenolic OH excluding ortho intramolecular Hbond substituents is 1. The normalized spacial score (nSPS) is 11.1. The quantitative estimate of drug-likeness (QED) is 0.145. The maximum atomic E-state index is 12.4. The number of nitrogens with one attached hydrogen (secondary N) is 1. The summed E-state index contributed by atoms with van der Waals surface area (Å²) >= 11 is 2.00. The van der Waals surface area contributed by atoms with E-state index in [-0.39, 0.29) is 18.1 Å². The molecule has 0 atom stereocenters. The van der Waals surface area contributed by atoms with Gasteiger partial charge in [-0.2, -0.15) is 5.10 Å². The summed E-state index contributed by atoms with van der Waals surface area (Å²) in [7, 11) is 0.